The Morgan fingerprint density at radius 3 is 2.17 bits per heavy atom. The first kappa shape index (κ1) is 22.0. The van der Waals surface area contributed by atoms with Crippen LogP contribution in [0.3, 0.4) is 0 Å². The Morgan fingerprint density at radius 2 is 1.54 bits per heavy atom. The molecule has 0 radical (unpaired) electrons. The third kappa shape index (κ3) is 3.72. The van der Waals surface area contributed by atoms with E-state index in [0.29, 0.717) is 18.5 Å². The minimum atomic E-state index is -0.577. The topological polar surface area (TPSA) is 59.5 Å². The zero-order valence-electron chi connectivity index (χ0n) is 19.6. The molecule has 35 heavy (non-hydrogen) atoms. The highest BCUT2D eigenvalue weighted by Crippen LogP contribution is 2.45. The lowest BCUT2D eigenvalue weighted by Gasteiger charge is -2.37. The molecule has 2 aromatic carbocycles. The van der Waals surface area contributed by atoms with Crippen molar-refractivity contribution in [1.29, 1.82) is 0 Å². The number of nitrogens with zero attached hydrogens (tertiary/aromatic N) is 2. The fourth-order valence-corrected chi connectivity index (χ4v) is 6.26. The molecule has 3 aliphatic rings. The number of aryl methyl sites for hydroxylation is 1. The minimum Gasteiger partial charge on any atom is -0.448 e. The molecule has 6 rings (SSSR count). The van der Waals surface area contributed by atoms with Gasteiger partial charge in [-0.1, -0.05) is 48.5 Å². The van der Waals surface area contributed by atoms with Crippen molar-refractivity contribution in [3.63, 3.8) is 0 Å². The summed E-state index contributed by atoms with van der Waals surface area (Å²) < 4.78 is 20.2. The van der Waals surface area contributed by atoms with E-state index in [9.17, 15) is 14.0 Å². The first-order valence-corrected chi connectivity index (χ1v) is 12.3. The predicted octanol–water partition coefficient (Wildman–Crippen LogP) is 5.90. The Kier molecular flexibility index (Phi) is 5.39. The van der Waals surface area contributed by atoms with Crippen molar-refractivity contribution >= 4 is 11.9 Å². The van der Waals surface area contributed by atoms with Gasteiger partial charge in [-0.2, -0.15) is 0 Å². The summed E-state index contributed by atoms with van der Waals surface area (Å²) in [5, 5.41) is 0. The molecule has 6 heteroatoms. The van der Waals surface area contributed by atoms with Gasteiger partial charge < -0.3 is 9.64 Å². The second-order valence-corrected chi connectivity index (χ2v) is 9.91. The van der Waals surface area contributed by atoms with Gasteiger partial charge in [0.2, 0.25) is 0 Å². The molecule has 2 aliphatic heterocycles. The third-order valence-corrected chi connectivity index (χ3v) is 7.87. The Morgan fingerprint density at radius 1 is 0.943 bits per heavy atom. The van der Waals surface area contributed by atoms with Crippen molar-refractivity contribution in [3.8, 4) is 11.1 Å². The molecule has 0 saturated carbocycles. The van der Waals surface area contributed by atoms with E-state index in [4.69, 9.17) is 4.74 Å². The maximum absolute atomic E-state index is 14.3. The van der Waals surface area contributed by atoms with E-state index in [2.05, 4.69) is 29.2 Å². The number of benzene rings is 2. The van der Waals surface area contributed by atoms with Crippen LogP contribution in [0.15, 0.2) is 60.7 Å². The number of hydrogen-bond acceptors (Lipinski definition) is 4. The van der Waals surface area contributed by atoms with E-state index >= 15 is 0 Å². The Balaban J connectivity index is 1.15. The van der Waals surface area contributed by atoms with Gasteiger partial charge in [-0.15, -0.1) is 0 Å². The summed E-state index contributed by atoms with van der Waals surface area (Å²) in [6.45, 7) is 2.03. The maximum atomic E-state index is 14.3. The Labute approximate surface area is 203 Å². The van der Waals surface area contributed by atoms with Gasteiger partial charge in [-0.3, -0.25) is 4.79 Å². The van der Waals surface area contributed by atoms with Crippen molar-refractivity contribution in [3.05, 3.63) is 89.0 Å². The second kappa shape index (κ2) is 8.59. The van der Waals surface area contributed by atoms with Gasteiger partial charge >= 0.3 is 6.09 Å². The van der Waals surface area contributed by atoms with Crippen molar-refractivity contribution in [2.75, 3.05) is 6.61 Å². The average Bonchev–Trinajstić information content (AvgIpc) is 3.34. The van der Waals surface area contributed by atoms with E-state index < -0.39 is 5.82 Å². The van der Waals surface area contributed by atoms with Gasteiger partial charge in [-0.05, 0) is 67.0 Å². The number of fused-ring (bicyclic) bond motifs is 5. The van der Waals surface area contributed by atoms with Gasteiger partial charge in [0.15, 0.2) is 11.6 Å². The third-order valence-electron chi connectivity index (χ3n) is 7.87. The number of carbonyl (C=O) groups excluding carboxylic acids is 2. The fourth-order valence-electron chi connectivity index (χ4n) is 6.26. The zero-order chi connectivity index (χ0) is 24.1. The normalized spacial score (nSPS) is 22.6. The van der Waals surface area contributed by atoms with Crippen LogP contribution in [0.4, 0.5) is 9.18 Å². The number of hydrogen-bond donors (Lipinski definition) is 0. The highest BCUT2D eigenvalue weighted by atomic mass is 19.1. The molecule has 0 N–H and O–H groups in total. The van der Waals surface area contributed by atoms with Crippen LogP contribution in [0.1, 0.15) is 58.9 Å². The monoisotopic (exact) mass is 470 g/mol. The van der Waals surface area contributed by atoms with Gasteiger partial charge in [0.05, 0.1) is 0 Å². The van der Waals surface area contributed by atoms with Crippen molar-refractivity contribution < 1.29 is 18.7 Å². The first-order chi connectivity index (χ1) is 17.0. The molecular weight excluding hydrogens is 443 g/mol. The number of carbonyl (C=O) groups is 2. The molecular formula is C29H27FN2O3. The van der Waals surface area contributed by atoms with E-state index in [1.54, 1.807) is 13.0 Å². The Bertz CT molecular complexity index is 1260. The maximum Gasteiger partial charge on any atom is 0.410 e. The highest BCUT2D eigenvalue weighted by molar-refractivity contribution is 5.96. The molecule has 178 valence electrons. The lowest BCUT2D eigenvalue weighted by atomic mass is 9.86. The number of amides is 1. The zero-order valence-corrected chi connectivity index (χ0v) is 19.6. The predicted molar refractivity (Wildman–Crippen MR) is 130 cm³/mol. The second-order valence-electron chi connectivity index (χ2n) is 9.91. The van der Waals surface area contributed by atoms with Crippen LogP contribution in [0.2, 0.25) is 0 Å². The molecule has 5 nitrogen and oxygen atoms in total. The average molecular weight is 471 g/mol. The molecule has 2 unspecified atom stereocenters. The smallest absolute Gasteiger partial charge is 0.410 e. The minimum absolute atomic E-state index is 0.0125. The van der Waals surface area contributed by atoms with Gasteiger partial charge in [0, 0.05) is 29.6 Å². The summed E-state index contributed by atoms with van der Waals surface area (Å²) in [7, 11) is 0. The molecule has 3 heterocycles. The number of pyridine rings is 1. The first-order valence-electron chi connectivity index (χ1n) is 12.3. The molecule has 2 atom stereocenters. The van der Waals surface area contributed by atoms with Crippen LogP contribution in [0.5, 0.6) is 0 Å². The summed E-state index contributed by atoms with van der Waals surface area (Å²) in [6.07, 6.45) is 2.40. The number of piperidine rings is 1. The number of ether oxygens (including phenoxy) is 1. The lowest BCUT2D eigenvalue weighted by molar-refractivity contribution is 0.0502. The summed E-state index contributed by atoms with van der Waals surface area (Å²) in [4.78, 5) is 32.3. The van der Waals surface area contributed by atoms with Crippen LogP contribution in [-0.2, 0) is 4.74 Å². The largest absolute Gasteiger partial charge is 0.448 e. The van der Waals surface area contributed by atoms with Crippen molar-refractivity contribution in [1.82, 2.24) is 9.88 Å². The molecule has 3 aromatic rings. The van der Waals surface area contributed by atoms with E-state index in [-0.39, 0.29) is 48.1 Å². The van der Waals surface area contributed by atoms with Gasteiger partial charge in [0.1, 0.15) is 12.3 Å². The summed E-state index contributed by atoms with van der Waals surface area (Å²) in [5.41, 5.74) is 5.29. The molecule has 1 aliphatic carbocycles. The molecule has 2 saturated heterocycles. The SMILES string of the molecule is Cc1ccc(F)c(C(=O)C2CC3CCC(C2)N3C(=O)OCC2c3ccccc3-c3ccccc32)n1. The quantitative estimate of drug-likeness (QED) is 0.445. The van der Waals surface area contributed by atoms with E-state index in [0.717, 1.165) is 12.8 Å². The molecule has 0 spiro atoms. The fraction of sp³-hybridized carbons (Fsp3) is 0.345. The molecule has 2 bridgehead atoms. The molecule has 1 aromatic heterocycles. The van der Waals surface area contributed by atoms with Crippen molar-refractivity contribution in [2.45, 2.75) is 50.6 Å². The Hall–Kier alpha value is -3.54. The van der Waals surface area contributed by atoms with Crippen LogP contribution in [-0.4, -0.2) is 40.5 Å². The number of halogens is 1. The van der Waals surface area contributed by atoms with E-state index in [1.165, 1.54) is 28.3 Å². The van der Waals surface area contributed by atoms with Crippen LogP contribution >= 0.6 is 0 Å². The number of aromatic nitrogens is 1. The van der Waals surface area contributed by atoms with Crippen LogP contribution < -0.4 is 0 Å². The lowest BCUT2D eigenvalue weighted by Crippen LogP contribution is -2.48. The van der Waals surface area contributed by atoms with Crippen molar-refractivity contribution in [2.24, 2.45) is 5.92 Å². The standard InChI is InChI=1S/C29H27FN2O3/c1-17-10-13-26(30)27(31-17)28(33)18-14-19-11-12-20(15-18)32(19)29(34)35-16-25-23-8-4-2-6-21(23)22-7-3-5-9-24(22)25/h2-10,13,18-20,25H,11-12,14-16H2,1H3. The van der Waals surface area contributed by atoms with Gasteiger partial charge in [0.25, 0.3) is 0 Å². The molecule has 1 amide bonds. The number of rotatable bonds is 4. The summed E-state index contributed by atoms with van der Waals surface area (Å²) in [5.74, 6) is -1.14. The van der Waals surface area contributed by atoms with Gasteiger partial charge in [-0.25, -0.2) is 14.2 Å². The number of ketones is 1. The summed E-state index contributed by atoms with van der Waals surface area (Å²) >= 11 is 0. The van der Waals surface area contributed by atoms with Crippen LogP contribution in [0, 0.1) is 18.7 Å². The summed E-state index contributed by atoms with van der Waals surface area (Å²) in [6, 6.07) is 19.3. The molecule has 2 fully saturated rings. The number of Topliss-reactive ketones (excluding diaryl/α,β-unsaturated/α-hetero) is 1. The van der Waals surface area contributed by atoms with Crippen LogP contribution in [0.25, 0.3) is 11.1 Å². The van der Waals surface area contributed by atoms with E-state index in [1.807, 2.05) is 29.2 Å². The highest BCUT2D eigenvalue weighted by Gasteiger charge is 2.46.